The van der Waals surface area contributed by atoms with Gasteiger partial charge in [-0.05, 0) is 43.7 Å². The average molecular weight is 266 g/mol. The van der Waals surface area contributed by atoms with E-state index in [0.717, 1.165) is 15.3 Å². The molecule has 0 saturated heterocycles. The lowest BCUT2D eigenvalue weighted by atomic mass is 10.1. The minimum absolute atomic E-state index is 0.00639. The number of hydrogen-bond acceptors (Lipinski definition) is 3. The number of thiophene rings is 1. The molecular weight excluding hydrogens is 254 g/mol. The van der Waals surface area contributed by atoms with Crippen LogP contribution in [0, 0.1) is 13.8 Å². The molecule has 0 radical (unpaired) electrons. The van der Waals surface area contributed by atoms with Gasteiger partial charge in [-0.3, -0.25) is 4.79 Å². The van der Waals surface area contributed by atoms with Gasteiger partial charge in [-0.1, -0.05) is 11.6 Å². The number of carbonyl (C=O) groups is 1. The Balaban J connectivity index is 2.40. The number of aryl methyl sites for hydroxylation is 2. The third kappa shape index (κ3) is 2.35. The zero-order valence-electron chi connectivity index (χ0n) is 9.58. The molecule has 88 valence electrons. The van der Waals surface area contributed by atoms with E-state index in [1.165, 1.54) is 11.3 Å². The number of benzene rings is 1. The molecule has 2 rings (SSSR count). The highest BCUT2D eigenvalue weighted by atomic mass is 35.5. The first-order chi connectivity index (χ1) is 7.99. The molecule has 2 nitrogen and oxygen atoms in total. The average Bonchev–Trinajstić information content (AvgIpc) is 2.62. The molecule has 0 aliphatic rings. The number of nitrogen functional groups attached to an aromatic ring is 1. The van der Waals surface area contributed by atoms with Crippen molar-refractivity contribution in [2.45, 2.75) is 13.8 Å². The van der Waals surface area contributed by atoms with E-state index in [1.807, 2.05) is 19.9 Å². The Labute approximate surface area is 109 Å². The van der Waals surface area contributed by atoms with Gasteiger partial charge in [0.1, 0.15) is 0 Å². The molecule has 0 saturated carbocycles. The standard InChI is InChI=1S/C13H12ClNOS/c1-7-5-12(17-8(7)2)13(16)9-3-4-11(15)10(14)6-9/h3-6H,15H2,1-2H3. The van der Waals surface area contributed by atoms with Gasteiger partial charge in [-0.25, -0.2) is 0 Å². The molecule has 0 spiro atoms. The van der Waals surface area contributed by atoms with E-state index in [9.17, 15) is 4.79 Å². The lowest BCUT2D eigenvalue weighted by Crippen LogP contribution is -1.99. The van der Waals surface area contributed by atoms with Crippen LogP contribution >= 0.6 is 22.9 Å². The fourth-order valence-corrected chi connectivity index (χ4v) is 2.67. The molecule has 0 fully saturated rings. The summed E-state index contributed by atoms with van der Waals surface area (Å²) in [6, 6.07) is 6.88. The third-order valence-electron chi connectivity index (χ3n) is 2.65. The number of halogens is 1. The smallest absolute Gasteiger partial charge is 0.203 e. The Morgan fingerprint density at radius 3 is 2.53 bits per heavy atom. The summed E-state index contributed by atoms with van der Waals surface area (Å²) in [6.45, 7) is 4.01. The van der Waals surface area contributed by atoms with E-state index in [0.29, 0.717) is 16.3 Å². The Morgan fingerprint density at radius 2 is 2.00 bits per heavy atom. The molecule has 0 aliphatic heterocycles. The summed E-state index contributed by atoms with van der Waals surface area (Å²) >= 11 is 7.41. The van der Waals surface area contributed by atoms with Gasteiger partial charge in [0.25, 0.3) is 0 Å². The van der Waals surface area contributed by atoms with Crippen molar-refractivity contribution in [3.05, 3.63) is 50.2 Å². The zero-order chi connectivity index (χ0) is 12.6. The Kier molecular flexibility index (Phi) is 3.22. The van der Waals surface area contributed by atoms with Gasteiger partial charge in [0, 0.05) is 10.4 Å². The lowest BCUT2D eigenvalue weighted by molar-refractivity contribution is 0.104. The van der Waals surface area contributed by atoms with Crippen molar-refractivity contribution in [2.75, 3.05) is 5.73 Å². The summed E-state index contributed by atoms with van der Waals surface area (Å²) in [4.78, 5) is 14.1. The molecule has 1 aromatic heterocycles. The van der Waals surface area contributed by atoms with Crippen LogP contribution in [0.25, 0.3) is 0 Å². The van der Waals surface area contributed by atoms with Crippen LogP contribution in [0.5, 0.6) is 0 Å². The number of anilines is 1. The largest absolute Gasteiger partial charge is 0.398 e. The molecule has 2 N–H and O–H groups in total. The number of rotatable bonds is 2. The van der Waals surface area contributed by atoms with Gasteiger partial charge in [-0.15, -0.1) is 11.3 Å². The fourth-order valence-electron chi connectivity index (χ4n) is 1.50. The third-order valence-corrected chi connectivity index (χ3v) is 4.13. The summed E-state index contributed by atoms with van der Waals surface area (Å²) in [5.74, 6) is -0.00639. The molecular formula is C13H12ClNOS. The lowest BCUT2D eigenvalue weighted by Gasteiger charge is -2.01. The van der Waals surface area contributed by atoms with Crippen LogP contribution in [0.1, 0.15) is 25.7 Å². The van der Waals surface area contributed by atoms with E-state index in [4.69, 9.17) is 17.3 Å². The Hall–Kier alpha value is -1.32. The highest BCUT2D eigenvalue weighted by Gasteiger charge is 2.13. The van der Waals surface area contributed by atoms with Crippen molar-refractivity contribution in [3.63, 3.8) is 0 Å². The molecule has 1 aromatic carbocycles. The van der Waals surface area contributed by atoms with E-state index in [2.05, 4.69) is 0 Å². The fraction of sp³-hybridized carbons (Fsp3) is 0.154. The van der Waals surface area contributed by atoms with Crippen molar-refractivity contribution in [2.24, 2.45) is 0 Å². The minimum atomic E-state index is -0.00639. The molecule has 0 amide bonds. The van der Waals surface area contributed by atoms with Gasteiger partial charge in [0.2, 0.25) is 5.78 Å². The van der Waals surface area contributed by atoms with E-state index >= 15 is 0 Å². The minimum Gasteiger partial charge on any atom is -0.398 e. The first-order valence-corrected chi connectivity index (χ1v) is 6.35. The Bertz CT molecular complexity index is 570. The molecule has 1 heterocycles. The number of hydrogen-bond donors (Lipinski definition) is 1. The molecule has 2 aromatic rings. The first kappa shape index (κ1) is 12.1. The maximum atomic E-state index is 12.2. The van der Waals surface area contributed by atoms with Gasteiger partial charge in [-0.2, -0.15) is 0 Å². The summed E-state index contributed by atoms with van der Waals surface area (Å²) in [7, 11) is 0. The molecule has 17 heavy (non-hydrogen) atoms. The van der Waals surface area contributed by atoms with Crippen molar-refractivity contribution in [1.82, 2.24) is 0 Å². The molecule has 4 heteroatoms. The monoisotopic (exact) mass is 265 g/mol. The Morgan fingerprint density at radius 1 is 1.29 bits per heavy atom. The highest BCUT2D eigenvalue weighted by Crippen LogP contribution is 2.26. The molecule has 0 atom stereocenters. The quantitative estimate of drug-likeness (QED) is 0.662. The predicted octanol–water partition coefficient (Wildman–Crippen LogP) is 3.83. The van der Waals surface area contributed by atoms with Gasteiger partial charge >= 0.3 is 0 Å². The zero-order valence-corrected chi connectivity index (χ0v) is 11.2. The van der Waals surface area contributed by atoms with Crippen LogP contribution in [0.4, 0.5) is 5.69 Å². The van der Waals surface area contributed by atoms with Crippen LogP contribution in [0.15, 0.2) is 24.3 Å². The van der Waals surface area contributed by atoms with Crippen LogP contribution in [0.3, 0.4) is 0 Å². The second-order valence-electron chi connectivity index (χ2n) is 3.92. The van der Waals surface area contributed by atoms with Crippen LogP contribution in [0.2, 0.25) is 5.02 Å². The number of ketones is 1. The topological polar surface area (TPSA) is 43.1 Å². The summed E-state index contributed by atoms with van der Waals surface area (Å²) < 4.78 is 0. The first-order valence-electron chi connectivity index (χ1n) is 5.16. The molecule has 0 bridgehead atoms. The van der Waals surface area contributed by atoms with E-state index in [-0.39, 0.29) is 5.78 Å². The van der Waals surface area contributed by atoms with Gasteiger partial charge in [0.15, 0.2) is 0 Å². The maximum absolute atomic E-state index is 12.2. The summed E-state index contributed by atoms with van der Waals surface area (Å²) in [6.07, 6.45) is 0. The normalized spacial score (nSPS) is 10.5. The second kappa shape index (κ2) is 4.51. The van der Waals surface area contributed by atoms with Crippen LogP contribution < -0.4 is 5.73 Å². The van der Waals surface area contributed by atoms with E-state index < -0.39 is 0 Å². The second-order valence-corrected chi connectivity index (χ2v) is 5.58. The highest BCUT2D eigenvalue weighted by molar-refractivity contribution is 7.14. The summed E-state index contributed by atoms with van der Waals surface area (Å²) in [5, 5.41) is 0.417. The number of nitrogens with two attached hydrogens (primary N) is 1. The molecule has 0 aliphatic carbocycles. The van der Waals surface area contributed by atoms with Crippen molar-refractivity contribution in [3.8, 4) is 0 Å². The van der Waals surface area contributed by atoms with Crippen LogP contribution in [-0.4, -0.2) is 5.78 Å². The van der Waals surface area contributed by atoms with Crippen molar-refractivity contribution in [1.29, 1.82) is 0 Å². The van der Waals surface area contributed by atoms with Gasteiger partial charge < -0.3 is 5.73 Å². The predicted molar refractivity (Wildman–Crippen MR) is 73.1 cm³/mol. The van der Waals surface area contributed by atoms with Crippen molar-refractivity contribution < 1.29 is 4.79 Å². The maximum Gasteiger partial charge on any atom is 0.203 e. The SMILES string of the molecule is Cc1cc(C(=O)c2ccc(N)c(Cl)c2)sc1C. The van der Waals surface area contributed by atoms with Crippen molar-refractivity contribution >= 4 is 34.4 Å². The van der Waals surface area contributed by atoms with Crippen LogP contribution in [-0.2, 0) is 0 Å². The number of carbonyl (C=O) groups excluding carboxylic acids is 1. The van der Waals surface area contributed by atoms with Gasteiger partial charge in [0.05, 0.1) is 15.6 Å². The van der Waals surface area contributed by atoms with E-state index in [1.54, 1.807) is 18.2 Å². The summed E-state index contributed by atoms with van der Waals surface area (Å²) in [5.41, 5.74) is 7.82. The molecule has 0 unspecified atom stereocenters.